The van der Waals surface area contributed by atoms with Crippen LogP contribution in [0.15, 0.2) is 36.4 Å². The Kier molecular flexibility index (Phi) is 4.00. The molecular weight excluding hydrogens is 234 g/mol. The summed E-state index contributed by atoms with van der Waals surface area (Å²) in [5.41, 5.74) is 10.5. The van der Waals surface area contributed by atoms with Crippen molar-refractivity contribution in [3.05, 3.63) is 59.2 Å². The molecule has 0 unspecified atom stereocenters. The maximum Gasteiger partial charge on any atom is 0.249 e. The summed E-state index contributed by atoms with van der Waals surface area (Å²) in [5, 5.41) is 0. The first-order chi connectivity index (χ1) is 9.17. The van der Waals surface area contributed by atoms with Crippen molar-refractivity contribution in [2.24, 2.45) is 5.73 Å². The highest BCUT2D eigenvalue weighted by Gasteiger charge is 2.12. The van der Waals surface area contributed by atoms with Crippen molar-refractivity contribution in [1.82, 2.24) is 0 Å². The Morgan fingerprint density at radius 2 is 1.95 bits per heavy atom. The second kappa shape index (κ2) is 5.70. The van der Waals surface area contributed by atoms with Gasteiger partial charge >= 0.3 is 0 Å². The molecule has 0 saturated heterocycles. The molecule has 0 atom stereocenters. The first-order valence-electron chi connectivity index (χ1n) is 6.59. The van der Waals surface area contributed by atoms with Crippen molar-refractivity contribution in [1.29, 1.82) is 0 Å². The van der Waals surface area contributed by atoms with Gasteiger partial charge in [0.2, 0.25) is 5.91 Å². The normalized spacial score (nSPS) is 10.4. The zero-order valence-corrected chi connectivity index (χ0v) is 11.4. The van der Waals surface area contributed by atoms with Gasteiger partial charge in [-0.15, -0.1) is 0 Å². The van der Waals surface area contributed by atoms with Gasteiger partial charge in [-0.25, -0.2) is 0 Å². The SMILES string of the molecule is CCc1ccc(CC)c(-c2cc[c]cc2C(N)=O)c1. The number of amides is 1. The zero-order chi connectivity index (χ0) is 13.8. The van der Waals surface area contributed by atoms with E-state index in [1.807, 2.05) is 12.1 Å². The van der Waals surface area contributed by atoms with Crippen LogP contribution in [0.4, 0.5) is 0 Å². The molecule has 0 aliphatic heterocycles. The van der Waals surface area contributed by atoms with Gasteiger partial charge in [0.25, 0.3) is 0 Å². The lowest BCUT2D eigenvalue weighted by Gasteiger charge is -2.13. The van der Waals surface area contributed by atoms with Crippen molar-refractivity contribution < 1.29 is 4.79 Å². The van der Waals surface area contributed by atoms with Crippen molar-refractivity contribution in [2.45, 2.75) is 26.7 Å². The molecule has 2 nitrogen and oxygen atoms in total. The molecule has 0 aliphatic carbocycles. The van der Waals surface area contributed by atoms with E-state index >= 15 is 0 Å². The zero-order valence-electron chi connectivity index (χ0n) is 11.4. The number of hydrogen-bond acceptors (Lipinski definition) is 1. The average Bonchev–Trinajstić information content (AvgIpc) is 2.46. The summed E-state index contributed by atoms with van der Waals surface area (Å²) in [5.74, 6) is -0.407. The number of nitrogens with two attached hydrogens (primary N) is 1. The number of benzene rings is 2. The monoisotopic (exact) mass is 252 g/mol. The lowest BCUT2D eigenvalue weighted by Crippen LogP contribution is -2.12. The van der Waals surface area contributed by atoms with E-state index in [0.717, 1.165) is 24.0 Å². The quantitative estimate of drug-likeness (QED) is 0.890. The Hall–Kier alpha value is -2.09. The van der Waals surface area contributed by atoms with E-state index < -0.39 is 5.91 Å². The molecule has 1 radical (unpaired) electrons. The van der Waals surface area contributed by atoms with Crippen molar-refractivity contribution in [3.8, 4) is 11.1 Å². The van der Waals surface area contributed by atoms with Gasteiger partial charge in [0.05, 0.1) is 0 Å². The Morgan fingerprint density at radius 3 is 2.58 bits per heavy atom. The Labute approximate surface area is 114 Å². The van der Waals surface area contributed by atoms with E-state index in [-0.39, 0.29) is 0 Å². The molecule has 2 aromatic carbocycles. The fraction of sp³-hybridized carbons (Fsp3) is 0.235. The number of primary amides is 1. The van der Waals surface area contributed by atoms with Crippen LogP contribution >= 0.6 is 0 Å². The molecule has 0 saturated carbocycles. The Balaban J connectivity index is 2.66. The number of aryl methyl sites for hydroxylation is 2. The van der Waals surface area contributed by atoms with Gasteiger partial charge in [0.1, 0.15) is 0 Å². The molecule has 97 valence electrons. The molecule has 0 heterocycles. The number of rotatable bonds is 4. The molecule has 0 fully saturated rings. The topological polar surface area (TPSA) is 43.1 Å². The van der Waals surface area contributed by atoms with Gasteiger partial charge in [-0.05, 0) is 47.2 Å². The minimum Gasteiger partial charge on any atom is -0.366 e. The minimum atomic E-state index is -0.407. The second-order valence-corrected chi connectivity index (χ2v) is 4.53. The molecule has 0 aliphatic rings. The van der Waals surface area contributed by atoms with Gasteiger partial charge in [-0.3, -0.25) is 4.79 Å². The predicted octanol–water partition coefficient (Wildman–Crippen LogP) is 3.38. The lowest BCUT2D eigenvalue weighted by molar-refractivity contribution is 0.100. The number of carbonyl (C=O) groups is 1. The average molecular weight is 252 g/mol. The summed E-state index contributed by atoms with van der Waals surface area (Å²) in [6.07, 6.45) is 1.90. The third-order valence-corrected chi connectivity index (χ3v) is 3.38. The third-order valence-electron chi connectivity index (χ3n) is 3.38. The van der Waals surface area contributed by atoms with E-state index in [1.54, 1.807) is 6.07 Å². The first kappa shape index (κ1) is 13.3. The molecule has 0 aromatic heterocycles. The fourth-order valence-corrected chi connectivity index (χ4v) is 2.27. The number of hydrogen-bond donors (Lipinski definition) is 1. The minimum absolute atomic E-state index is 0.407. The van der Waals surface area contributed by atoms with Crippen LogP contribution in [0.5, 0.6) is 0 Å². The van der Waals surface area contributed by atoms with Gasteiger partial charge < -0.3 is 5.73 Å². The van der Waals surface area contributed by atoms with Crippen LogP contribution in [-0.2, 0) is 12.8 Å². The van der Waals surface area contributed by atoms with Crippen LogP contribution in [0.1, 0.15) is 35.3 Å². The summed E-state index contributed by atoms with van der Waals surface area (Å²) in [7, 11) is 0. The van der Waals surface area contributed by atoms with E-state index in [9.17, 15) is 4.79 Å². The van der Waals surface area contributed by atoms with E-state index in [1.165, 1.54) is 11.1 Å². The molecule has 0 spiro atoms. The number of carbonyl (C=O) groups excluding carboxylic acids is 1. The van der Waals surface area contributed by atoms with E-state index in [2.05, 4.69) is 38.1 Å². The highest BCUT2D eigenvalue weighted by atomic mass is 16.1. The standard InChI is InChI=1S/C17H18NO/c1-3-12-9-10-13(4-2)16(11-12)14-7-5-6-8-15(14)17(18)19/h5,7-11H,3-4H2,1-2H3,(H2,18,19). The highest BCUT2D eigenvalue weighted by Crippen LogP contribution is 2.28. The second-order valence-electron chi connectivity index (χ2n) is 4.53. The van der Waals surface area contributed by atoms with Crippen molar-refractivity contribution in [2.75, 3.05) is 0 Å². The molecule has 2 aromatic rings. The summed E-state index contributed by atoms with van der Waals surface area (Å²) >= 11 is 0. The maximum atomic E-state index is 11.6. The molecule has 2 N–H and O–H groups in total. The largest absolute Gasteiger partial charge is 0.366 e. The van der Waals surface area contributed by atoms with Crippen LogP contribution in [-0.4, -0.2) is 5.91 Å². The summed E-state index contributed by atoms with van der Waals surface area (Å²) in [6.45, 7) is 4.24. The summed E-state index contributed by atoms with van der Waals surface area (Å²) in [6, 6.07) is 14.7. The third kappa shape index (κ3) is 2.68. The van der Waals surface area contributed by atoms with Gasteiger partial charge in [-0.2, -0.15) is 0 Å². The maximum absolute atomic E-state index is 11.6. The van der Waals surface area contributed by atoms with E-state index in [0.29, 0.717) is 5.56 Å². The lowest BCUT2D eigenvalue weighted by atomic mass is 9.92. The molecule has 1 amide bonds. The van der Waals surface area contributed by atoms with Crippen LogP contribution in [0.25, 0.3) is 11.1 Å². The van der Waals surface area contributed by atoms with Crippen molar-refractivity contribution in [3.63, 3.8) is 0 Å². The first-order valence-corrected chi connectivity index (χ1v) is 6.59. The molecule has 2 heteroatoms. The van der Waals surface area contributed by atoms with E-state index in [4.69, 9.17) is 5.73 Å². The Bertz CT molecular complexity index is 602. The summed E-state index contributed by atoms with van der Waals surface area (Å²) in [4.78, 5) is 11.6. The highest BCUT2D eigenvalue weighted by molar-refractivity contribution is 6.00. The molecule has 19 heavy (non-hydrogen) atoms. The van der Waals surface area contributed by atoms with Gasteiger partial charge in [0.15, 0.2) is 0 Å². The molecule has 0 bridgehead atoms. The van der Waals surface area contributed by atoms with Crippen molar-refractivity contribution >= 4 is 5.91 Å². The van der Waals surface area contributed by atoms with Gasteiger partial charge in [-0.1, -0.05) is 44.2 Å². The van der Waals surface area contributed by atoms with Crippen LogP contribution in [0.2, 0.25) is 0 Å². The Morgan fingerprint density at radius 1 is 1.16 bits per heavy atom. The fourth-order valence-electron chi connectivity index (χ4n) is 2.27. The van der Waals surface area contributed by atoms with Crippen LogP contribution < -0.4 is 5.73 Å². The predicted molar refractivity (Wildman–Crippen MR) is 78.0 cm³/mol. The molecule has 2 rings (SSSR count). The van der Waals surface area contributed by atoms with Gasteiger partial charge in [0, 0.05) is 5.56 Å². The van der Waals surface area contributed by atoms with Crippen LogP contribution in [0.3, 0.4) is 0 Å². The molecular formula is C17H18NO. The van der Waals surface area contributed by atoms with Crippen LogP contribution in [0, 0.1) is 6.07 Å². The summed E-state index contributed by atoms with van der Waals surface area (Å²) < 4.78 is 0. The smallest absolute Gasteiger partial charge is 0.249 e.